The highest BCUT2D eigenvalue weighted by atomic mass is 127. The van der Waals surface area contributed by atoms with Crippen molar-refractivity contribution in [2.24, 2.45) is 5.10 Å². The molecule has 3 rings (SSSR count). The molecule has 0 saturated heterocycles. The first-order valence-corrected chi connectivity index (χ1v) is 9.56. The van der Waals surface area contributed by atoms with Gasteiger partial charge in [-0.25, -0.2) is 5.43 Å². The first-order chi connectivity index (χ1) is 13.0. The molecule has 0 fully saturated rings. The van der Waals surface area contributed by atoms with Crippen molar-refractivity contribution in [1.29, 1.82) is 0 Å². The van der Waals surface area contributed by atoms with Crippen molar-refractivity contribution in [3.8, 4) is 11.4 Å². The fourth-order valence-electron chi connectivity index (χ4n) is 2.49. The number of ether oxygens (including phenoxy) is 1. The molecule has 2 aromatic carbocycles. The quantitative estimate of drug-likeness (QED) is 0.315. The minimum absolute atomic E-state index is 0.308. The maximum atomic E-state index is 12.3. The molecule has 0 aliphatic rings. The van der Waals surface area contributed by atoms with E-state index < -0.39 is 0 Å². The SMILES string of the molecule is COc1cc(C(=O)N/N=C/c2cccn2-c2ccc(C)c(Cl)c2)ccc1I. The minimum atomic E-state index is -0.308. The van der Waals surface area contributed by atoms with Gasteiger partial charge in [0.05, 0.1) is 22.6 Å². The molecule has 0 bridgehead atoms. The largest absolute Gasteiger partial charge is 0.496 e. The number of hydrogen-bond acceptors (Lipinski definition) is 3. The van der Waals surface area contributed by atoms with Crippen LogP contribution in [0.25, 0.3) is 5.69 Å². The smallest absolute Gasteiger partial charge is 0.271 e. The zero-order valence-corrected chi connectivity index (χ0v) is 17.7. The second-order valence-corrected chi connectivity index (χ2v) is 7.35. The molecule has 0 spiro atoms. The number of nitrogens with zero attached hydrogens (tertiary/aromatic N) is 2. The minimum Gasteiger partial charge on any atom is -0.496 e. The molecule has 0 radical (unpaired) electrons. The standard InChI is InChI=1S/C20H17ClIN3O2/c1-13-5-7-15(11-17(13)21)25-9-3-4-16(25)12-23-24-20(26)14-6-8-18(22)19(10-14)27-2/h3-12H,1-2H3,(H,24,26)/b23-12+. The first kappa shape index (κ1) is 19.4. The number of hydrazone groups is 1. The maximum absolute atomic E-state index is 12.3. The summed E-state index contributed by atoms with van der Waals surface area (Å²) in [6.45, 7) is 1.96. The van der Waals surface area contributed by atoms with Crippen LogP contribution in [0, 0.1) is 10.5 Å². The van der Waals surface area contributed by atoms with Crippen LogP contribution < -0.4 is 10.2 Å². The number of rotatable bonds is 5. The van der Waals surface area contributed by atoms with Gasteiger partial charge in [-0.1, -0.05) is 17.7 Å². The van der Waals surface area contributed by atoms with Crippen LogP contribution in [0.1, 0.15) is 21.6 Å². The molecule has 3 aromatic rings. The van der Waals surface area contributed by atoms with Crippen molar-refractivity contribution in [2.75, 3.05) is 7.11 Å². The highest BCUT2D eigenvalue weighted by Gasteiger charge is 2.08. The molecule has 0 unspecified atom stereocenters. The Bertz CT molecular complexity index is 1010. The summed E-state index contributed by atoms with van der Waals surface area (Å²) < 4.78 is 8.12. The molecule has 1 aromatic heterocycles. The zero-order chi connectivity index (χ0) is 19.4. The zero-order valence-electron chi connectivity index (χ0n) is 14.7. The molecular formula is C20H17ClIN3O2. The average Bonchev–Trinajstić information content (AvgIpc) is 3.12. The number of aromatic nitrogens is 1. The fourth-order valence-corrected chi connectivity index (χ4v) is 3.22. The van der Waals surface area contributed by atoms with Crippen LogP contribution in [0.15, 0.2) is 59.8 Å². The topological polar surface area (TPSA) is 55.6 Å². The molecule has 1 heterocycles. The monoisotopic (exact) mass is 493 g/mol. The van der Waals surface area contributed by atoms with Crippen molar-refractivity contribution in [2.45, 2.75) is 6.92 Å². The molecule has 27 heavy (non-hydrogen) atoms. The van der Waals surface area contributed by atoms with Crippen molar-refractivity contribution in [3.05, 3.63) is 80.1 Å². The van der Waals surface area contributed by atoms with Crippen LogP contribution in [0.2, 0.25) is 5.02 Å². The molecule has 7 heteroatoms. The second-order valence-electron chi connectivity index (χ2n) is 5.78. The van der Waals surface area contributed by atoms with E-state index in [9.17, 15) is 4.79 Å². The van der Waals surface area contributed by atoms with Gasteiger partial charge in [0, 0.05) is 22.5 Å². The third kappa shape index (κ3) is 4.51. The van der Waals surface area contributed by atoms with Crippen LogP contribution in [0.4, 0.5) is 0 Å². The molecule has 0 saturated carbocycles. The molecule has 138 valence electrons. The van der Waals surface area contributed by atoms with Gasteiger partial charge < -0.3 is 9.30 Å². The second kappa shape index (κ2) is 8.58. The molecular weight excluding hydrogens is 477 g/mol. The van der Waals surface area contributed by atoms with Gasteiger partial charge in [-0.05, 0) is 77.5 Å². The van der Waals surface area contributed by atoms with E-state index in [4.69, 9.17) is 16.3 Å². The van der Waals surface area contributed by atoms with Gasteiger partial charge >= 0.3 is 0 Å². The van der Waals surface area contributed by atoms with Crippen molar-refractivity contribution in [3.63, 3.8) is 0 Å². The van der Waals surface area contributed by atoms with E-state index in [2.05, 4.69) is 33.1 Å². The number of benzene rings is 2. The van der Waals surface area contributed by atoms with Crippen LogP contribution in [0.5, 0.6) is 5.75 Å². The summed E-state index contributed by atoms with van der Waals surface area (Å²) in [6.07, 6.45) is 3.50. The van der Waals surface area contributed by atoms with Gasteiger partial charge in [0.1, 0.15) is 5.75 Å². The summed E-state index contributed by atoms with van der Waals surface area (Å²) in [4.78, 5) is 12.3. The summed E-state index contributed by atoms with van der Waals surface area (Å²) in [5.41, 5.74) is 5.77. The predicted molar refractivity (Wildman–Crippen MR) is 116 cm³/mol. The van der Waals surface area contributed by atoms with Crippen molar-refractivity contribution < 1.29 is 9.53 Å². The average molecular weight is 494 g/mol. The Morgan fingerprint density at radius 3 is 2.81 bits per heavy atom. The van der Waals surface area contributed by atoms with Crippen molar-refractivity contribution in [1.82, 2.24) is 9.99 Å². The van der Waals surface area contributed by atoms with Crippen LogP contribution in [-0.2, 0) is 0 Å². The van der Waals surface area contributed by atoms with Gasteiger partial charge in [0.25, 0.3) is 5.91 Å². The third-order valence-electron chi connectivity index (χ3n) is 3.99. The number of amides is 1. The van der Waals surface area contributed by atoms with E-state index in [1.807, 2.05) is 54.1 Å². The highest BCUT2D eigenvalue weighted by Crippen LogP contribution is 2.22. The molecule has 1 N–H and O–H groups in total. The Balaban J connectivity index is 1.75. The number of aryl methyl sites for hydroxylation is 1. The van der Waals surface area contributed by atoms with Gasteiger partial charge in [-0.2, -0.15) is 5.10 Å². The molecule has 1 amide bonds. The molecule has 5 nitrogen and oxygen atoms in total. The van der Waals surface area contributed by atoms with E-state index >= 15 is 0 Å². The third-order valence-corrected chi connectivity index (χ3v) is 5.29. The lowest BCUT2D eigenvalue weighted by atomic mass is 10.2. The number of methoxy groups -OCH3 is 1. The number of hydrogen-bond donors (Lipinski definition) is 1. The summed E-state index contributed by atoms with van der Waals surface area (Å²) in [5.74, 6) is 0.342. The van der Waals surface area contributed by atoms with Gasteiger partial charge in [-0.3, -0.25) is 4.79 Å². The molecule has 0 aliphatic carbocycles. The maximum Gasteiger partial charge on any atom is 0.271 e. The lowest BCUT2D eigenvalue weighted by Gasteiger charge is -2.08. The van der Waals surface area contributed by atoms with E-state index in [0.29, 0.717) is 16.3 Å². The Morgan fingerprint density at radius 1 is 1.26 bits per heavy atom. The molecule has 0 aliphatic heterocycles. The van der Waals surface area contributed by atoms with Crippen molar-refractivity contribution >= 4 is 46.3 Å². The summed E-state index contributed by atoms with van der Waals surface area (Å²) >= 11 is 8.37. The lowest BCUT2D eigenvalue weighted by Crippen LogP contribution is -2.18. The fraction of sp³-hybridized carbons (Fsp3) is 0.100. The van der Waals surface area contributed by atoms with Crippen LogP contribution >= 0.6 is 34.2 Å². The summed E-state index contributed by atoms with van der Waals surface area (Å²) in [7, 11) is 1.57. The highest BCUT2D eigenvalue weighted by molar-refractivity contribution is 14.1. The van der Waals surface area contributed by atoms with E-state index in [1.54, 1.807) is 25.5 Å². The van der Waals surface area contributed by atoms with E-state index in [-0.39, 0.29) is 5.91 Å². The van der Waals surface area contributed by atoms with Crippen LogP contribution in [-0.4, -0.2) is 23.8 Å². The Morgan fingerprint density at radius 2 is 2.07 bits per heavy atom. The number of carbonyl (C=O) groups is 1. The summed E-state index contributed by atoms with van der Waals surface area (Å²) in [5, 5.41) is 4.77. The van der Waals surface area contributed by atoms with E-state index in [0.717, 1.165) is 20.5 Å². The van der Waals surface area contributed by atoms with Gasteiger partial charge in [-0.15, -0.1) is 0 Å². The number of nitrogens with one attached hydrogen (secondary N) is 1. The number of carbonyl (C=O) groups excluding carboxylic acids is 1. The summed E-state index contributed by atoms with van der Waals surface area (Å²) in [6, 6.07) is 14.9. The Labute approximate surface area is 176 Å². The first-order valence-electron chi connectivity index (χ1n) is 8.10. The van der Waals surface area contributed by atoms with Crippen LogP contribution in [0.3, 0.4) is 0 Å². The Kier molecular flexibility index (Phi) is 6.18. The number of halogens is 2. The van der Waals surface area contributed by atoms with E-state index in [1.165, 1.54) is 0 Å². The normalized spacial score (nSPS) is 11.0. The van der Waals surface area contributed by atoms with Gasteiger partial charge in [0.15, 0.2) is 0 Å². The molecule has 0 atom stereocenters. The Hall–Kier alpha value is -2.32. The van der Waals surface area contributed by atoms with Gasteiger partial charge in [0.2, 0.25) is 0 Å². The lowest BCUT2D eigenvalue weighted by molar-refractivity contribution is 0.0954. The predicted octanol–water partition coefficient (Wildman–Crippen LogP) is 4.82.